The molecule has 4 rings (SSSR count). The van der Waals surface area contributed by atoms with Crippen molar-refractivity contribution in [2.45, 2.75) is 17.7 Å². The molecule has 9 heteroatoms. The van der Waals surface area contributed by atoms with Crippen LogP contribution in [0.3, 0.4) is 0 Å². The van der Waals surface area contributed by atoms with Crippen LogP contribution in [-0.4, -0.2) is 58.2 Å². The molecule has 0 unspecified atom stereocenters. The Morgan fingerprint density at radius 2 is 2.24 bits per heavy atom. The van der Waals surface area contributed by atoms with E-state index < -0.39 is 5.60 Å². The van der Waals surface area contributed by atoms with E-state index in [1.54, 1.807) is 13.1 Å². The van der Waals surface area contributed by atoms with Crippen LogP contribution in [0.4, 0.5) is 5.82 Å². The summed E-state index contributed by atoms with van der Waals surface area (Å²) in [5.41, 5.74) is -0.0127. The molecule has 0 saturated carbocycles. The summed E-state index contributed by atoms with van der Waals surface area (Å²) in [5.74, 6) is 0.709. The van der Waals surface area contributed by atoms with E-state index in [2.05, 4.69) is 15.0 Å². The lowest BCUT2D eigenvalue weighted by molar-refractivity contribution is -0.0123. The van der Waals surface area contributed by atoms with E-state index >= 15 is 0 Å². The van der Waals surface area contributed by atoms with Crippen molar-refractivity contribution in [3.63, 3.8) is 0 Å². The number of pyridine rings is 1. The summed E-state index contributed by atoms with van der Waals surface area (Å²) in [6.07, 6.45) is 3.54. The Hall–Kier alpha value is -1.61. The average Bonchev–Trinajstić information content (AvgIpc) is 2.86. The zero-order chi connectivity index (χ0) is 17.6. The predicted octanol–water partition coefficient (Wildman–Crippen LogP) is 2.73. The molecule has 25 heavy (non-hydrogen) atoms. The minimum atomic E-state index is -0.966. The normalized spacial score (nSPS) is 21.8. The van der Waals surface area contributed by atoms with Gasteiger partial charge in [0.05, 0.1) is 25.1 Å². The van der Waals surface area contributed by atoms with Gasteiger partial charge in [-0.05, 0) is 19.2 Å². The quantitative estimate of drug-likeness (QED) is 0.412. The number of fused-ring (bicyclic) bond motifs is 3. The van der Waals surface area contributed by atoms with Gasteiger partial charge in [0.15, 0.2) is 15.9 Å². The number of thioether (sulfide) groups is 1. The van der Waals surface area contributed by atoms with Crippen LogP contribution in [0.25, 0.3) is 22.1 Å². The molecule has 3 aromatic heterocycles. The second-order valence-corrected chi connectivity index (χ2v) is 7.40. The SMILES string of the molecule is CSc1nc(N2CCOC[C@@](C)(O)C2)c2c(n1)oc1c(Cl)nccc12. The number of aliphatic hydroxyl groups is 1. The third-order valence-corrected chi connectivity index (χ3v) is 4.91. The Balaban J connectivity index is 1.97. The maximum atomic E-state index is 10.5. The zero-order valence-corrected chi connectivity index (χ0v) is 15.4. The number of hydrogen-bond acceptors (Lipinski definition) is 8. The lowest BCUT2D eigenvalue weighted by Crippen LogP contribution is -2.42. The van der Waals surface area contributed by atoms with Gasteiger partial charge in [-0.2, -0.15) is 4.98 Å². The molecular weight excluding hydrogens is 364 g/mol. The molecule has 1 atom stereocenters. The molecule has 4 heterocycles. The molecule has 0 bridgehead atoms. The fourth-order valence-corrected chi connectivity index (χ4v) is 3.58. The molecular formula is C16H17ClN4O3S. The van der Waals surface area contributed by atoms with Crippen LogP contribution in [-0.2, 0) is 4.74 Å². The van der Waals surface area contributed by atoms with E-state index in [0.29, 0.717) is 47.1 Å². The van der Waals surface area contributed by atoms with Crippen molar-refractivity contribution < 1.29 is 14.3 Å². The largest absolute Gasteiger partial charge is 0.434 e. The highest BCUT2D eigenvalue weighted by atomic mass is 35.5. The number of β-amino-alcohol motifs (C(OH)–C–C–N with tert-alkyl or cyclic N) is 1. The van der Waals surface area contributed by atoms with Crippen molar-refractivity contribution in [1.82, 2.24) is 15.0 Å². The standard InChI is InChI=1S/C16H17ClN4O3S/c1-16(22)7-21(5-6-23-8-16)13-10-9-3-4-18-12(17)11(9)24-14(10)20-15(19-13)25-2/h3-4,22H,5-8H2,1-2H3/t16-/m0/s1. The molecule has 1 saturated heterocycles. The maximum absolute atomic E-state index is 10.5. The van der Waals surface area contributed by atoms with E-state index in [9.17, 15) is 5.11 Å². The van der Waals surface area contributed by atoms with Gasteiger partial charge >= 0.3 is 0 Å². The first kappa shape index (κ1) is 16.8. The first-order valence-corrected chi connectivity index (χ1v) is 9.42. The van der Waals surface area contributed by atoms with Crippen molar-refractivity contribution in [3.05, 3.63) is 17.4 Å². The fraction of sp³-hybridized carbons (Fsp3) is 0.438. The maximum Gasteiger partial charge on any atom is 0.233 e. The summed E-state index contributed by atoms with van der Waals surface area (Å²) in [7, 11) is 0. The zero-order valence-electron chi connectivity index (χ0n) is 13.8. The van der Waals surface area contributed by atoms with Gasteiger partial charge < -0.3 is 19.2 Å². The molecule has 1 N–H and O–H groups in total. The van der Waals surface area contributed by atoms with Gasteiger partial charge in [-0.25, -0.2) is 9.97 Å². The third-order valence-electron chi connectivity index (χ3n) is 4.10. The number of aromatic nitrogens is 3. The number of rotatable bonds is 2. The van der Waals surface area contributed by atoms with Gasteiger partial charge in [0.2, 0.25) is 5.71 Å². The van der Waals surface area contributed by atoms with E-state index in [0.717, 1.165) is 10.8 Å². The van der Waals surface area contributed by atoms with Crippen molar-refractivity contribution >= 4 is 51.2 Å². The molecule has 1 aliphatic rings. The van der Waals surface area contributed by atoms with Crippen molar-refractivity contribution in [2.24, 2.45) is 0 Å². The van der Waals surface area contributed by atoms with Crippen molar-refractivity contribution in [2.75, 3.05) is 37.5 Å². The topological polar surface area (TPSA) is 84.5 Å². The fourth-order valence-electron chi connectivity index (χ4n) is 3.04. The molecule has 132 valence electrons. The van der Waals surface area contributed by atoms with Crippen LogP contribution in [0.2, 0.25) is 5.15 Å². The van der Waals surface area contributed by atoms with Gasteiger partial charge in [0.25, 0.3) is 0 Å². The van der Waals surface area contributed by atoms with Gasteiger partial charge in [-0.1, -0.05) is 23.4 Å². The number of furan rings is 1. The van der Waals surface area contributed by atoms with Crippen LogP contribution in [0.1, 0.15) is 6.92 Å². The Labute approximate surface area is 153 Å². The summed E-state index contributed by atoms with van der Waals surface area (Å²) < 4.78 is 11.4. The molecule has 0 amide bonds. The Morgan fingerprint density at radius 1 is 1.40 bits per heavy atom. The molecule has 0 spiro atoms. The monoisotopic (exact) mass is 380 g/mol. The summed E-state index contributed by atoms with van der Waals surface area (Å²) in [4.78, 5) is 15.2. The lowest BCUT2D eigenvalue weighted by atomic mass is 10.1. The van der Waals surface area contributed by atoms with Crippen LogP contribution >= 0.6 is 23.4 Å². The Morgan fingerprint density at radius 3 is 3.04 bits per heavy atom. The molecule has 7 nitrogen and oxygen atoms in total. The summed E-state index contributed by atoms with van der Waals surface area (Å²) in [5, 5.41) is 13.0. The van der Waals surface area contributed by atoms with Crippen LogP contribution in [0.5, 0.6) is 0 Å². The number of nitrogens with zero attached hydrogens (tertiary/aromatic N) is 4. The number of anilines is 1. The Kier molecular flexibility index (Phi) is 4.23. The minimum absolute atomic E-state index is 0.287. The first-order chi connectivity index (χ1) is 12.0. The Bertz CT molecular complexity index is 946. The lowest BCUT2D eigenvalue weighted by Gasteiger charge is -2.28. The predicted molar refractivity (Wildman–Crippen MR) is 97.6 cm³/mol. The van der Waals surface area contributed by atoms with Crippen LogP contribution < -0.4 is 4.90 Å². The molecule has 0 aliphatic carbocycles. The average molecular weight is 381 g/mol. The summed E-state index contributed by atoms with van der Waals surface area (Å²) in [6.45, 7) is 3.57. The summed E-state index contributed by atoms with van der Waals surface area (Å²) >= 11 is 7.61. The van der Waals surface area contributed by atoms with Crippen LogP contribution in [0.15, 0.2) is 21.8 Å². The van der Waals surface area contributed by atoms with E-state index in [1.165, 1.54) is 11.8 Å². The number of hydrogen-bond donors (Lipinski definition) is 1. The van der Waals surface area contributed by atoms with Crippen molar-refractivity contribution in [1.29, 1.82) is 0 Å². The molecule has 3 aromatic rings. The number of halogens is 1. The van der Waals surface area contributed by atoms with E-state index in [1.807, 2.05) is 17.2 Å². The third kappa shape index (κ3) is 3.03. The second-order valence-electron chi connectivity index (χ2n) is 6.27. The van der Waals surface area contributed by atoms with Crippen molar-refractivity contribution in [3.8, 4) is 0 Å². The van der Waals surface area contributed by atoms with Gasteiger partial charge in [0.1, 0.15) is 11.4 Å². The van der Waals surface area contributed by atoms with E-state index in [-0.39, 0.29) is 6.61 Å². The van der Waals surface area contributed by atoms with Crippen LogP contribution in [0, 0.1) is 0 Å². The molecule has 1 aliphatic heterocycles. The summed E-state index contributed by atoms with van der Waals surface area (Å²) in [6, 6.07) is 1.84. The molecule has 1 fully saturated rings. The van der Waals surface area contributed by atoms with Gasteiger partial charge in [-0.15, -0.1) is 0 Å². The first-order valence-electron chi connectivity index (χ1n) is 7.82. The van der Waals surface area contributed by atoms with Gasteiger partial charge in [0, 0.05) is 18.1 Å². The van der Waals surface area contributed by atoms with E-state index in [4.69, 9.17) is 20.8 Å². The molecule has 0 radical (unpaired) electrons. The van der Waals surface area contributed by atoms with Gasteiger partial charge in [-0.3, -0.25) is 0 Å². The molecule has 0 aromatic carbocycles. The highest BCUT2D eigenvalue weighted by molar-refractivity contribution is 7.98. The number of ether oxygens (including phenoxy) is 1. The highest BCUT2D eigenvalue weighted by Gasteiger charge is 2.30. The highest BCUT2D eigenvalue weighted by Crippen LogP contribution is 2.37. The smallest absolute Gasteiger partial charge is 0.233 e. The second kappa shape index (κ2) is 6.28. The minimum Gasteiger partial charge on any atom is -0.434 e.